The molecule has 1 fully saturated rings. The van der Waals surface area contributed by atoms with Gasteiger partial charge in [-0.15, -0.1) is 0 Å². The zero-order chi connectivity index (χ0) is 37.5. The molecular weight excluding hydrogens is 699 g/mol. The monoisotopic (exact) mass is 737 g/mol. The Balaban J connectivity index is 0.895. The molecule has 3 atom stereocenters. The Bertz CT molecular complexity index is 3040. The van der Waals surface area contributed by atoms with Gasteiger partial charge in [-0.2, -0.15) is 0 Å². The average Bonchev–Trinajstić information content (AvgIpc) is 3.95. The lowest BCUT2D eigenvalue weighted by molar-refractivity contribution is 0.176. The van der Waals surface area contributed by atoms with Gasteiger partial charge in [-0.1, -0.05) is 152 Å². The summed E-state index contributed by atoms with van der Waals surface area (Å²) in [6, 6.07) is 58.7. The van der Waals surface area contributed by atoms with E-state index < -0.39 is 0 Å². The second-order valence-electron chi connectivity index (χ2n) is 15.7. The summed E-state index contributed by atoms with van der Waals surface area (Å²) in [6.45, 7) is 0. The molecule has 274 valence electrons. The number of para-hydroxylation sites is 1. The zero-order valence-corrected chi connectivity index (χ0v) is 31.2. The van der Waals surface area contributed by atoms with Crippen LogP contribution in [0.15, 0.2) is 173 Å². The van der Waals surface area contributed by atoms with Crippen molar-refractivity contribution in [1.82, 2.24) is 16.0 Å². The van der Waals surface area contributed by atoms with E-state index in [0.29, 0.717) is 0 Å². The molecule has 0 amide bonds. The van der Waals surface area contributed by atoms with E-state index in [1.165, 1.54) is 38.9 Å². The fourth-order valence-electron chi connectivity index (χ4n) is 9.72. The first-order chi connectivity index (χ1) is 28.2. The smallest absolute Gasteiger partial charge is 0.143 e. The van der Waals surface area contributed by atoms with Gasteiger partial charge in [0.25, 0.3) is 0 Å². The van der Waals surface area contributed by atoms with Gasteiger partial charge in [0.15, 0.2) is 0 Å². The van der Waals surface area contributed by atoms with E-state index >= 15 is 0 Å². The minimum Gasteiger partial charge on any atom is -0.456 e. The number of hydrogen-bond donors (Lipinski definition) is 3. The average molecular weight is 738 g/mol. The number of hydrogen-bond acceptors (Lipinski definition) is 5. The third-order valence-corrected chi connectivity index (χ3v) is 12.4. The van der Waals surface area contributed by atoms with Crippen molar-refractivity contribution < 1.29 is 8.83 Å². The fourth-order valence-corrected chi connectivity index (χ4v) is 9.72. The van der Waals surface area contributed by atoms with Crippen LogP contribution in [0.2, 0.25) is 0 Å². The number of furan rings is 2. The van der Waals surface area contributed by atoms with Gasteiger partial charge in [0.1, 0.15) is 22.2 Å². The number of nitrogens with one attached hydrogen (secondary N) is 3. The SMILES string of the molecule is C1=c2oc3ccc(-c4cccc5c4oc4cc(C6c7ccccc7-c7ccccc76)ccc45)cc3c2=CCC1C1NC(c2ccccc2)NC(c2ccccc2)N1. The largest absolute Gasteiger partial charge is 0.456 e. The van der Waals surface area contributed by atoms with Crippen molar-refractivity contribution in [3.05, 3.63) is 202 Å². The minimum atomic E-state index is -0.000576. The van der Waals surface area contributed by atoms with Gasteiger partial charge < -0.3 is 8.83 Å². The van der Waals surface area contributed by atoms with Crippen LogP contribution in [0, 0.1) is 5.92 Å². The van der Waals surface area contributed by atoms with Crippen LogP contribution in [0.3, 0.4) is 0 Å². The van der Waals surface area contributed by atoms with E-state index in [4.69, 9.17) is 8.83 Å². The fraction of sp³-hybridized carbons (Fsp3) is 0.115. The highest BCUT2D eigenvalue weighted by atomic mass is 16.3. The van der Waals surface area contributed by atoms with Crippen LogP contribution in [0.5, 0.6) is 0 Å². The van der Waals surface area contributed by atoms with Gasteiger partial charge in [0.05, 0.1) is 18.5 Å². The third kappa shape index (κ3) is 5.35. The van der Waals surface area contributed by atoms with Crippen molar-refractivity contribution in [3.63, 3.8) is 0 Å². The molecule has 1 saturated heterocycles. The highest BCUT2D eigenvalue weighted by molar-refractivity contribution is 6.10. The Kier molecular flexibility index (Phi) is 7.48. The van der Waals surface area contributed by atoms with E-state index in [-0.39, 0.29) is 30.3 Å². The summed E-state index contributed by atoms with van der Waals surface area (Å²) in [4.78, 5) is 0. The predicted molar refractivity (Wildman–Crippen MR) is 230 cm³/mol. The van der Waals surface area contributed by atoms with Gasteiger partial charge in [-0.25, -0.2) is 0 Å². The van der Waals surface area contributed by atoms with Crippen LogP contribution >= 0.6 is 0 Å². The van der Waals surface area contributed by atoms with Crippen molar-refractivity contribution in [2.45, 2.75) is 30.8 Å². The summed E-state index contributed by atoms with van der Waals surface area (Å²) >= 11 is 0. The molecule has 2 aliphatic carbocycles. The van der Waals surface area contributed by atoms with E-state index in [2.05, 4.69) is 192 Å². The molecule has 3 heterocycles. The lowest BCUT2D eigenvalue weighted by Gasteiger charge is -2.42. The molecule has 3 unspecified atom stereocenters. The molecule has 0 spiro atoms. The molecule has 9 aromatic rings. The Morgan fingerprint density at radius 2 is 1.14 bits per heavy atom. The Hall–Kier alpha value is -6.50. The third-order valence-electron chi connectivity index (χ3n) is 12.4. The molecule has 3 N–H and O–H groups in total. The van der Waals surface area contributed by atoms with Gasteiger partial charge in [0.2, 0.25) is 0 Å². The van der Waals surface area contributed by atoms with Gasteiger partial charge >= 0.3 is 0 Å². The summed E-state index contributed by atoms with van der Waals surface area (Å²) in [6.07, 6.45) is 5.58. The molecule has 1 aliphatic heterocycles. The van der Waals surface area contributed by atoms with Crippen LogP contribution in [0.1, 0.15) is 52.5 Å². The zero-order valence-electron chi connectivity index (χ0n) is 31.2. The lowest BCUT2D eigenvalue weighted by atomic mass is 9.89. The molecule has 12 rings (SSSR count). The first-order valence-electron chi connectivity index (χ1n) is 20.0. The normalized spacial score (nSPS) is 20.2. The van der Waals surface area contributed by atoms with E-state index in [1.54, 1.807) is 0 Å². The van der Waals surface area contributed by atoms with E-state index in [9.17, 15) is 0 Å². The van der Waals surface area contributed by atoms with Crippen molar-refractivity contribution in [1.29, 1.82) is 0 Å². The highest BCUT2D eigenvalue weighted by Crippen LogP contribution is 2.48. The summed E-state index contributed by atoms with van der Waals surface area (Å²) < 4.78 is 13.4. The maximum Gasteiger partial charge on any atom is 0.143 e. The number of benzene rings is 7. The van der Waals surface area contributed by atoms with Crippen LogP contribution < -0.4 is 26.6 Å². The maximum atomic E-state index is 6.83. The second-order valence-corrected chi connectivity index (χ2v) is 15.7. The summed E-state index contributed by atoms with van der Waals surface area (Å²) in [5, 5.41) is 16.1. The van der Waals surface area contributed by atoms with Gasteiger partial charge in [-0.3, -0.25) is 16.0 Å². The topological polar surface area (TPSA) is 62.4 Å². The van der Waals surface area contributed by atoms with Gasteiger partial charge in [-0.05, 0) is 75.2 Å². The molecule has 0 radical (unpaired) electrons. The molecule has 57 heavy (non-hydrogen) atoms. The number of rotatable bonds is 5. The Morgan fingerprint density at radius 3 is 1.86 bits per heavy atom. The van der Waals surface area contributed by atoms with Crippen LogP contribution in [-0.2, 0) is 0 Å². The van der Waals surface area contributed by atoms with Crippen molar-refractivity contribution in [2.75, 3.05) is 0 Å². The molecule has 0 bridgehead atoms. The van der Waals surface area contributed by atoms with Crippen molar-refractivity contribution in [2.24, 2.45) is 5.92 Å². The maximum absolute atomic E-state index is 6.83. The number of fused-ring (bicyclic) bond motifs is 9. The molecule has 7 aromatic carbocycles. The Labute approximate surface area is 330 Å². The summed E-state index contributed by atoms with van der Waals surface area (Å²) in [7, 11) is 0. The van der Waals surface area contributed by atoms with Crippen LogP contribution in [-0.4, -0.2) is 6.17 Å². The van der Waals surface area contributed by atoms with Crippen molar-refractivity contribution in [3.8, 4) is 22.3 Å². The quantitative estimate of drug-likeness (QED) is 0.164. The predicted octanol–water partition coefficient (Wildman–Crippen LogP) is 10.2. The Morgan fingerprint density at radius 1 is 0.474 bits per heavy atom. The standard InChI is InChI=1S/C52H39N3O2/c1-3-12-31(13-4-1)50-53-51(32-14-5-2-6-15-32)55-52(54-50)35-23-26-40-44-28-33(24-27-45(44)56-46(40)30-35)36-20-11-21-43-39-25-22-34(29-47(39)57-49(36)43)48-41-18-9-7-16-37(41)38-17-8-10-19-42(38)48/h1-22,24-30,35,48,50-55H,23H2. The minimum absolute atomic E-state index is 0.000576. The summed E-state index contributed by atoms with van der Waals surface area (Å²) in [5.74, 6) is 0.367. The highest BCUT2D eigenvalue weighted by Gasteiger charge is 2.33. The molecular formula is C52H39N3O2. The molecule has 0 saturated carbocycles. The van der Waals surface area contributed by atoms with E-state index in [1.807, 2.05) is 0 Å². The van der Waals surface area contributed by atoms with Gasteiger partial charge in [0, 0.05) is 38.8 Å². The molecule has 3 aliphatic rings. The van der Waals surface area contributed by atoms with Crippen LogP contribution in [0.4, 0.5) is 0 Å². The lowest BCUT2D eigenvalue weighted by Crippen LogP contribution is -2.61. The summed E-state index contributed by atoms with van der Waals surface area (Å²) in [5.41, 5.74) is 14.9. The van der Waals surface area contributed by atoms with Crippen LogP contribution in [0.25, 0.3) is 67.3 Å². The molecule has 5 heteroatoms. The van der Waals surface area contributed by atoms with Crippen molar-refractivity contribution >= 4 is 45.1 Å². The van der Waals surface area contributed by atoms with E-state index in [0.717, 1.165) is 61.1 Å². The first kappa shape index (κ1) is 32.7. The second kappa shape index (κ2) is 13.0. The molecule has 2 aromatic heterocycles. The first-order valence-corrected chi connectivity index (χ1v) is 20.0. The molecule has 5 nitrogen and oxygen atoms in total.